The van der Waals surface area contributed by atoms with Crippen LogP contribution in [0.5, 0.6) is 11.5 Å². The number of fused-ring (bicyclic) bond motifs is 1. The van der Waals surface area contributed by atoms with Gasteiger partial charge in [0.05, 0.1) is 12.8 Å². The van der Waals surface area contributed by atoms with Crippen LogP contribution in [0, 0.1) is 6.92 Å². The largest absolute Gasteiger partial charge is 0.467 e. The van der Waals surface area contributed by atoms with E-state index in [4.69, 9.17) is 13.9 Å². The van der Waals surface area contributed by atoms with E-state index in [1.807, 2.05) is 37.3 Å². The molecule has 9 nitrogen and oxygen atoms in total. The topological polar surface area (TPSA) is 110 Å². The Kier molecular flexibility index (Phi) is 6.75. The molecule has 3 amide bonds. The minimum atomic E-state index is -0.447. The zero-order valence-corrected chi connectivity index (χ0v) is 22.1. The number of aryl methyl sites for hydroxylation is 1. The Morgan fingerprint density at radius 3 is 2.52 bits per heavy atom. The van der Waals surface area contributed by atoms with Gasteiger partial charge in [0.2, 0.25) is 6.79 Å². The predicted octanol–water partition coefficient (Wildman–Crippen LogP) is 5.55. The van der Waals surface area contributed by atoms with Crippen LogP contribution in [0.4, 0.5) is 11.4 Å². The average molecular weight is 554 g/mol. The molecule has 0 fully saturated rings. The zero-order valence-electron chi connectivity index (χ0n) is 21.3. The Morgan fingerprint density at radius 2 is 1.73 bits per heavy atom. The molecule has 1 aromatic heterocycles. The molecule has 0 unspecified atom stereocenters. The molecule has 0 atom stereocenters. The lowest BCUT2D eigenvalue weighted by atomic mass is 10.2. The number of hydrogen-bond acceptors (Lipinski definition) is 8. The van der Waals surface area contributed by atoms with Crippen molar-refractivity contribution in [1.82, 2.24) is 4.90 Å². The molecule has 3 heterocycles. The Morgan fingerprint density at radius 1 is 0.900 bits per heavy atom. The van der Waals surface area contributed by atoms with Crippen LogP contribution in [0.3, 0.4) is 0 Å². The second-order valence-electron chi connectivity index (χ2n) is 9.12. The Labute approximate surface area is 233 Å². The summed E-state index contributed by atoms with van der Waals surface area (Å²) < 4.78 is 16.1. The molecule has 3 aromatic carbocycles. The lowest BCUT2D eigenvalue weighted by Crippen LogP contribution is -2.31. The van der Waals surface area contributed by atoms with Gasteiger partial charge in [-0.1, -0.05) is 35.5 Å². The smallest absolute Gasteiger partial charge is 0.278 e. The fourth-order valence-corrected chi connectivity index (χ4v) is 5.24. The molecule has 0 radical (unpaired) electrons. The van der Waals surface area contributed by atoms with Crippen LogP contribution in [0.1, 0.15) is 21.7 Å². The van der Waals surface area contributed by atoms with Crippen LogP contribution in [-0.4, -0.2) is 29.4 Å². The summed E-state index contributed by atoms with van der Waals surface area (Å²) >= 11 is 1.15. The number of rotatable bonds is 8. The summed E-state index contributed by atoms with van der Waals surface area (Å²) in [4.78, 5) is 41.9. The third kappa shape index (κ3) is 5.16. The standard InChI is InChI=1S/C30H23N3O6S/c1-18-7-10-20(11-8-18)31-26-27(30(36)33(29(26)35)16-22-5-3-13-37-22)40-23-6-2-4-21(15-23)32-28(34)19-9-12-24-25(14-19)39-17-38-24/h2-15,31H,16-17H2,1H3,(H,32,34). The lowest BCUT2D eigenvalue weighted by Gasteiger charge is -2.13. The number of benzene rings is 3. The van der Waals surface area contributed by atoms with Gasteiger partial charge in [0, 0.05) is 21.8 Å². The van der Waals surface area contributed by atoms with E-state index in [-0.39, 0.29) is 29.8 Å². The van der Waals surface area contributed by atoms with Gasteiger partial charge in [-0.05, 0) is 67.6 Å². The minimum absolute atomic E-state index is 0.0133. The summed E-state index contributed by atoms with van der Waals surface area (Å²) in [7, 11) is 0. The molecule has 2 aliphatic heterocycles. The number of nitrogens with one attached hydrogen (secondary N) is 2. The van der Waals surface area contributed by atoms with Crippen molar-refractivity contribution in [1.29, 1.82) is 0 Å². The lowest BCUT2D eigenvalue weighted by molar-refractivity contribution is -0.138. The number of furan rings is 1. The first-order valence-electron chi connectivity index (χ1n) is 12.4. The van der Waals surface area contributed by atoms with Gasteiger partial charge in [0.15, 0.2) is 11.5 Å². The van der Waals surface area contributed by atoms with E-state index in [0.29, 0.717) is 39.1 Å². The molecule has 10 heteroatoms. The summed E-state index contributed by atoms with van der Waals surface area (Å²) in [6, 6.07) is 23.0. The van der Waals surface area contributed by atoms with E-state index in [1.165, 1.54) is 6.26 Å². The van der Waals surface area contributed by atoms with Crippen LogP contribution in [0.15, 0.2) is 105 Å². The van der Waals surface area contributed by atoms with Crippen LogP contribution >= 0.6 is 11.8 Å². The van der Waals surface area contributed by atoms with Crippen molar-refractivity contribution in [3.63, 3.8) is 0 Å². The Bertz CT molecular complexity index is 1650. The van der Waals surface area contributed by atoms with Crippen molar-refractivity contribution < 1.29 is 28.3 Å². The fraction of sp³-hybridized carbons (Fsp3) is 0.100. The van der Waals surface area contributed by atoms with Crippen molar-refractivity contribution in [2.24, 2.45) is 0 Å². The number of ether oxygens (including phenoxy) is 2. The number of thioether (sulfide) groups is 1. The second-order valence-corrected chi connectivity index (χ2v) is 10.2. The van der Waals surface area contributed by atoms with Crippen LogP contribution in [0.2, 0.25) is 0 Å². The maximum Gasteiger partial charge on any atom is 0.278 e. The second kappa shape index (κ2) is 10.7. The Balaban J connectivity index is 1.25. The highest BCUT2D eigenvalue weighted by Crippen LogP contribution is 2.38. The number of imide groups is 1. The summed E-state index contributed by atoms with van der Waals surface area (Å²) in [5.74, 6) is 0.401. The summed E-state index contributed by atoms with van der Waals surface area (Å²) in [6.45, 7) is 2.11. The van der Waals surface area contributed by atoms with Gasteiger partial charge in [0.25, 0.3) is 17.7 Å². The number of carbonyl (C=O) groups is 3. The van der Waals surface area contributed by atoms with Crippen LogP contribution in [-0.2, 0) is 16.1 Å². The molecule has 40 heavy (non-hydrogen) atoms. The van der Waals surface area contributed by atoms with Crippen LogP contribution in [0.25, 0.3) is 0 Å². The molecule has 0 aliphatic carbocycles. The van der Waals surface area contributed by atoms with E-state index < -0.39 is 11.8 Å². The fourth-order valence-electron chi connectivity index (χ4n) is 4.24. The molecule has 0 saturated carbocycles. The van der Waals surface area contributed by atoms with Crippen molar-refractivity contribution in [3.05, 3.63) is 113 Å². The highest BCUT2D eigenvalue weighted by molar-refractivity contribution is 8.04. The van der Waals surface area contributed by atoms with E-state index >= 15 is 0 Å². The third-order valence-corrected chi connectivity index (χ3v) is 7.36. The molecule has 200 valence electrons. The number of anilines is 2. The number of amides is 3. The number of hydrogen-bond donors (Lipinski definition) is 2. The van der Waals surface area contributed by atoms with Crippen molar-refractivity contribution in [2.45, 2.75) is 18.4 Å². The average Bonchev–Trinajstić information content (AvgIpc) is 3.69. The highest BCUT2D eigenvalue weighted by atomic mass is 32.2. The highest BCUT2D eigenvalue weighted by Gasteiger charge is 2.39. The third-order valence-electron chi connectivity index (χ3n) is 6.29. The molecule has 2 aliphatic rings. The normalized spacial score (nSPS) is 14.2. The van der Waals surface area contributed by atoms with Crippen molar-refractivity contribution in [2.75, 3.05) is 17.4 Å². The van der Waals surface area contributed by atoms with Gasteiger partial charge in [-0.2, -0.15) is 0 Å². The monoisotopic (exact) mass is 553 g/mol. The first-order chi connectivity index (χ1) is 19.4. The number of carbonyl (C=O) groups excluding carboxylic acids is 3. The first-order valence-corrected chi connectivity index (χ1v) is 13.2. The molecule has 0 bridgehead atoms. The van der Waals surface area contributed by atoms with E-state index in [0.717, 1.165) is 22.2 Å². The molecule has 4 aromatic rings. The van der Waals surface area contributed by atoms with E-state index in [2.05, 4.69) is 10.6 Å². The molecule has 2 N–H and O–H groups in total. The first kappa shape index (κ1) is 25.3. The summed E-state index contributed by atoms with van der Waals surface area (Å²) in [5, 5.41) is 6.02. The minimum Gasteiger partial charge on any atom is -0.467 e. The van der Waals surface area contributed by atoms with Crippen molar-refractivity contribution >= 4 is 40.9 Å². The summed E-state index contributed by atoms with van der Waals surface area (Å²) in [6.07, 6.45) is 1.50. The van der Waals surface area contributed by atoms with Crippen LogP contribution < -0.4 is 20.1 Å². The van der Waals surface area contributed by atoms with E-state index in [1.54, 1.807) is 48.5 Å². The van der Waals surface area contributed by atoms with Gasteiger partial charge in [-0.3, -0.25) is 19.3 Å². The van der Waals surface area contributed by atoms with Gasteiger partial charge >= 0.3 is 0 Å². The quantitative estimate of drug-likeness (QED) is 0.273. The SMILES string of the molecule is Cc1ccc(NC2=C(Sc3cccc(NC(=O)c4ccc5c(c4)OCO5)c3)C(=O)N(Cc3ccco3)C2=O)cc1. The van der Waals surface area contributed by atoms with Gasteiger partial charge in [0.1, 0.15) is 16.4 Å². The van der Waals surface area contributed by atoms with Gasteiger partial charge in [-0.15, -0.1) is 0 Å². The molecule has 0 spiro atoms. The summed E-state index contributed by atoms with van der Waals surface area (Å²) in [5.41, 5.74) is 2.89. The molecular weight excluding hydrogens is 530 g/mol. The molecular formula is C30H23N3O6S. The van der Waals surface area contributed by atoms with Gasteiger partial charge in [-0.25, -0.2) is 0 Å². The van der Waals surface area contributed by atoms with Crippen molar-refractivity contribution in [3.8, 4) is 11.5 Å². The Hall–Kier alpha value is -4.96. The molecule has 0 saturated heterocycles. The van der Waals surface area contributed by atoms with Gasteiger partial charge < -0.3 is 24.5 Å². The maximum atomic E-state index is 13.5. The maximum absolute atomic E-state index is 13.5. The predicted molar refractivity (Wildman–Crippen MR) is 149 cm³/mol. The molecule has 6 rings (SSSR count). The van der Waals surface area contributed by atoms with E-state index in [9.17, 15) is 14.4 Å². The number of nitrogens with zero attached hydrogens (tertiary/aromatic N) is 1. The zero-order chi connectivity index (χ0) is 27.6.